The molecule has 0 bridgehead atoms. The predicted molar refractivity (Wildman–Crippen MR) is 72.9 cm³/mol. The molecule has 0 saturated heterocycles. The van der Waals surface area contributed by atoms with E-state index < -0.39 is 29.7 Å². The third kappa shape index (κ3) is 4.73. The first-order valence-corrected chi connectivity index (χ1v) is 6.86. The fourth-order valence-electron chi connectivity index (χ4n) is 1.67. The number of hydrogen-bond donors (Lipinski definition) is 2. The van der Waals surface area contributed by atoms with Gasteiger partial charge in [-0.15, -0.1) is 0 Å². The van der Waals surface area contributed by atoms with Crippen molar-refractivity contribution >= 4 is 27.8 Å². The Balaban J connectivity index is 3.00. The summed E-state index contributed by atoms with van der Waals surface area (Å²) in [6.45, 7) is 1.74. The lowest BCUT2D eigenvalue weighted by atomic mass is 10.1. The van der Waals surface area contributed by atoms with E-state index in [1.807, 2.05) is 0 Å². The van der Waals surface area contributed by atoms with Gasteiger partial charge < -0.3 is 10.4 Å². The summed E-state index contributed by atoms with van der Waals surface area (Å²) in [5.74, 6) is -2.08. The normalized spacial score (nSPS) is 12.8. The number of amides is 1. The van der Waals surface area contributed by atoms with Crippen molar-refractivity contribution < 1.29 is 27.9 Å². The molecule has 1 atom stereocenters. The highest BCUT2D eigenvalue weighted by molar-refractivity contribution is 9.10. The Bertz CT molecular complexity index is 546. The molecule has 0 unspecified atom stereocenters. The molecule has 1 aromatic carbocycles. The van der Waals surface area contributed by atoms with Crippen LogP contribution < -0.4 is 5.32 Å². The molecule has 1 amide bonds. The Labute approximate surface area is 127 Å². The molecule has 0 heterocycles. The summed E-state index contributed by atoms with van der Waals surface area (Å²) >= 11 is 2.77. The molecule has 21 heavy (non-hydrogen) atoms. The summed E-state index contributed by atoms with van der Waals surface area (Å²) < 4.78 is 38.1. The van der Waals surface area contributed by atoms with Crippen LogP contribution in [0, 0.1) is 0 Å². The van der Waals surface area contributed by atoms with E-state index in [4.69, 9.17) is 5.11 Å². The summed E-state index contributed by atoms with van der Waals surface area (Å²) in [7, 11) is 0. The van der Waals surface area contributed by atoms with Crippen molar-refractivity contribution in [1.82, 2.24) is 5.32 Å². The highest BCUT2D eigenvalue weighted by Gasteiger charge is 2.33. The zero-order chi connectivity index (χ0) is 16.2. The van der Waals surface area contributed by atoms with E-state index in [0.29, 0.717) is 12.5 Å². The molecule has 0 aliphatic heterocycles. The van der Waals surface area contributed by atoms with Crippen LogP contribution in [0.25, 0.3) is 0 Å². The molecule has 2 N–H and O–H groups in total. The van der Waals surface area contributed by atoms with Gasteiger partial charge in [-0.1, -0.05) is 29.3 Å². The van der Waals surface area contributed by atoms with Gasteiger partial charge in [-0.2, -0.15) is 13.2 Å². The standard InChI is InChI=1S/C13H13BrF3NO3/c1-2-3-10(12(20)21)18-11(19)7-4-5-9(14)8(6-7)13(15,16)17/h4-6,10H,2-3H2,1H3,(H,18,19)(H,20,21)/t10-/m0/s1. The fourth-order valence-corrected chi connectivity index (χ4v) is 2.14. The highest BCUT2D eigenvalue weighted by atomic mass is 79.9. The summed E-state index contributed by atoms with van der Waals surface area (Å²) in [5, 5.41) is 11.1. The first-order chi connectivity index (χ1) is 9.66. The van der Waals surface area contributed by atoms with Gasteiger partial charge in [0.25, 0.3) is 5.91 Å². The number of rotatable bonds is 5. The Morgan fingerprint density at radius 3 is 2.48 bits per heavy atom. The van der Waals surface area contributed by atoms with Gasteiger partial charge >= 0.3 is 12.1 Å². The second kappa shape index (κ2) is 6.93. The summed E-state index contributed by atoms with van der Waals surface area (Å²) in [4.78, 5) is 22.8. The lowest BCUT2D eigenvalue weighted by Crippen LogP contribution is -2.40. The van der Waals surface area contributed by atoms with Crippen LogP contribution in [0.5, 0.6) is 0 Å². The maximum Gasteiger partial charge on any atom is 0.417 e. The molecule has 0 fully saturated rings. The van der Waals surface area contributed by atoms with Gasteiger partial charge in [-0.3, -0.25) is 4.79 Å². The van der Waals surface area contributed by atoms with E-state index >= 15 is 0 Å². The maximum atomic E-state index is 12.7. The smallest absolute Gasteiger partial charge is 0.417 e. The minimum atomic E-state index is -4.61. The van der Waals surface area contributed by atoms with Crippen LogP contribution in [-0.4, -0.2) is 23.0 Å². The van der Waals surface area contributed by atoms with E-state index in [0.717, 1.165) is 6.07 Å². The van der Waals surface area contributed by atoms with E-state index in [1.165, 1.54) is 6.07 Å². The zero-order valence-electron chi connectivity index (χ0n) is 11.0. The summed E-state index contributed by atoms with van der Waals surface area (Å²) in [6, 6.07) is 1.86. The molecule has 0 aromatic heterocycles. The van der Waals surface area contributed by atoms with Crippen LogP contribution in [0.4, 0.5) is 13.2 Å². The first kappa shape index (κ1) is 17.5. The topological polar surface area (TPSA) is 66.4 Å². The van der Waals surface area contributed by atoms with Gasteiger partial charge in [0.2, 0.25) is 0 Å². The number of carboxylic acid groups (broad SMARTS) is 1. The minimum absolute atomic E-state index is 0.185. The van der Waals surface area contributed by atoms with Crippen LogP contribution in [0.15, 0.2) is 22.7 Å². The van der Waals surface area contributed by atoms with Gasteiger partial charge in [0.05, 0.1) is 5.56 Å². The van der Waals surface area contributed by atoms with E-state index in [-0.39, 0.29) is 16.5 Å². The van der Waals surface area contributed by atoms with Gasteiger partial charge in [-0.05, 0) is 24.6 Å². The number of hydrogen-bond acceptors (Lipinski definition) is 2. The lowest BCUT2D eigenvalue weighted by molar-refractivity contribution is -0.140. The number of benzene rings is 1. The quantitative estimate of drug-likeness (QED) is 0.837. The fraction of sp³-hybridized carbons (Fsp3) is 0.385. The highest BCUT2D eigenvalue weighted by Crippen LogP contribution is 2.35. The van der Waals surface area contributed by atoms with Crippen molar-refractivity contribution in [2.45, 2.75) is 32.0 Å². The molecular weight excluding hydrogens is 355 g/mol. The van der Waals surface area contributed by atoms with Gasteiger partial charge in [0.15, 0.2) is 0 Å². The van der Waals surface area contributed by atoms with Crippen LogP contribution in [0.1, 0.15) is 35.7 Å². The third-order valence-corrected chi connectivity index (χ3v) is 3.41. The number of halogens is 4. The van der Waals surface area contributed by atoms with Crippen LogP contribution in [0.3, 0.4) is 0 Å². The third-order valence-electron chi connectivity index (χ3n) is 2.71. The van der Waals surface area contributed by atoms with Crippen molar-refractivity contribution in [2.75, 3.05) is 0 Å². The Hall–Kier alpha value is -1.57. The lowest BCUT2D eigenvalue weighted by Gasteiger charge is -2.15. The van der Waals surface area contributed by atoms with Gasteiger partial charge in [0, 0.05) is 10.0 Å². The predicted octanol–water partition coefficient (Wildman–Crippen LogP) is 3.45. The van der Waals surface area contributed by atoms with Crippen molar-refractivity contribution in [3.8, 4) is 0 Å². The monoisotopic (exact) mass is 367 g/mol. The van der Waals surface area contributed by atoms with Crippen LogP contribution >= 0.6 is 15.9 Å². The molecule has 0 aliphatic carbocycles. The minimum Gasteiger partial charge on any atom is -0.480 e. The second-order valence-electron chi connectivity index (χ2n) is 4.35. The van der Waals surface area contributed by atoms with Crippen LogP contribution in [-0.2, 0) is 11.0 Å². The second-order valence-corrected chi connectivity index (χ2v) is 5.20. The van der Waals surface area contributed by atoms with Crippen molar-refractivity contribution in [1.29, 1.82) is 0 Å². The molecule has 4 nitrogen and oxygen atoms in total. The summed E-state index contributed by atoms with van der Waals surface area (Å²) in [5.41, 5.74) is -1.23. The number of carboxylic acids is 1. The van der Waals surface area contributed by atoms with Crippen molar-refractivity contribution in [3.05, 3.63) is 33.8 Å². The van der Waals surface area contributed by atoms with E-state index in [1.54, 1.807) is 6.92 Å². The molecule has 1 aromatic rings. The number of carbonyl (C=O) groups excluding carboxylic acids is 1. The zero-order valence-corrected chi connectivity index (χ0v) is 12.6. The number of carbonyl (C=O) groups is 2. The molecule has 116 valence electrons. The molecule has 0 spiro atoms. The summed E-state index contributed by atoms with van der Waals surface area (Å²) in [6.07, 6.45) is -3.89. The average Bonchev–Trinajstić information content (AvgIpc) is 2.37. The largest absolute Gasteiger partial charge is 0.480 e. The molecule has 0 radical (unpaired) electrons. The Morgan fingerprint density at radius 1 is 1.38 bits per heavy atom. The van der Waals surface area contributed by atoms with Gasteiger partial charge in [-0.25, -0.2) is 4.79 Å². The maximum absolute atomic E-state index is 12.7. The number of alkyl halides is 3. The average molecular weight is 368 g/mol. The van der Waals surface area contributed by atoms with E-state index in [2.05, 4.69) is 21.2 Å². The van der Waals surface area contributed by atoms with E-state index in [9.17, 15) is 22.8 Å². The number of aliphatic carboxylic acids is 1. The Morgan fingerprint density at radius 2 is 2.00 bits per heavy atom. The van der Waals surface area contributed by atoms with Crippen molar-refractivity contribution in [3.63, 3.8) is 0 Å². The van der Waals surface area contributed by atoms with Gasteiger partial charge in [0.1, 0.15) is 6.04 Å². The molecule has 1 rings (SSSR count). The Kier molecular flexibility index (Phi) is 5.77. The number of nitrogens with one attached hydrogen (secondary N) is 1. The SMILES string of the molecule is CCC[C@H](NC(=O)c1ccc(Br)c(C(F)(F)F)c1)C(=O)O. The van der Waals surface area contributed by atoms with Crippen LogP contribution in [0.2, 0.25) is 0 Å². The first-order valence-electron chi connectivity index (χ1n) is 6.07. The molecular formula is C13H13BrF3NO3. The van der Waals surface area contributed by atoms with Crippen molar-refractivity contribution in [2.24, 2.45) is 0 Å². The molecule has 0 aliphatic rings. The molecule has 8 heteroatoms. The molecule has 0 saturated carbocycles.